The van der Waals surface area contributed by atoms with E-state index < -0.39 is 0 Å². The fraction of sp³-hybridized carbons (Fsp3) is 0.0476. The van der Waals surface area contributed by atoms with E-state index in [9.17, 15) is 0 Å². The van der Waals surface area contributed by atoms with E-state index in [-0.39, 0.29) is 0 Å². The maximum atomic E-state index is 2.16. The highest BCUT2D eigenvalue weighted by molar-refractivity contribution is 5.85. The SMILES string of the molecule is Cc1cccc2ccccc12.c1ccc2ccccc2c1. The molecule has 0 aliphatic rings. The highest BCUT2D eigenvalue weighted by atomic mass is 14.0. The lowest BCUT2D eigenvalue weighted by Gasteiger charge is -1.98. The monoisotopic (exact) mass is 270 g/mol. The second kappa shape index (κ2) is 6.23. The zero-order valence-electron chi connectivity index (χ0n) is 12.2. The van der Waals surface area contributed by atoms with Crippen molar-refractivity contribution in [1.29, 1.82) is 0 Å². The molecule has 0 heteroatoms. The number of hydrogen-bond acceptors (Lipinski definition) is 0. The van der Waals surface area contributed by atoms with Gasteiger partial charge in [-0.1, -0.05) is 91.0 Å². The van der Waals surface area contributed by atoms with Crippen LogP contribution >= 0.6 is 0 Å². The maximum Gasteiger partial charge on any atom is -0.0155 e. The van der Waals surface area contributed by atoms with Gasteiger partial charge in [-0.3, -0.25) is 0 Å². The normalized spacial score (nSPS) is 10.1. The van der Waals surface area contributed by atoms with Gasteiger partial charge in [0.2, 0.25) is 0 Å². The Morgan fingerprint density at radius 1 is 0.429 bits per heavy atom. The highest BCUT2D eigenvalue weighted by Crippen LogP contribution is 2.16. The van der Waals surface area contributed by atoms with Gasteiger partial charge in [-0.05, 0) is 34.0 Å². The minimum absolute atomic E-state index is 1.31. The van der Waals surface area contributed by atoms with Crippen LogP contribution in [0.4, 0.5) is 0 Å². The van der Waals surface area contributed by atoms with Gasteiger partial charge >= 0.3 is 0 Å². The van der Waals surface area contributed by atoms with Gasteiger partial charge < -0.3 is 0 Å². The van der Waals surface area contributed by atoms with E-state index in [4.69, 9.17) is 0 Å². The lowest BCUT2D eigenvalue weighted by Crippen LogP contribution is -1.75. The molecule has 0 radical (unpaired) electrons. The van der Waals surface area contributed by atoms with Crippen LogP contribution in [0.2, 0.25) is 0 Å². The molecule has 0 saturated heterocycles. The molecule has 0 aromatic heterocycles. The van der Waals surface area contributed by atoms with E-state index in [0.717, 1.165) is 0 Å². The molecule has 0 aliphatic heterocycles. The number of rotatable bonds is 0. The van der Waals surface area contributed by atoms with Crippen molar-refractivity contribution in [2.24, 2.45) is 0 Å². The minimum Gasteiger partial charge on any atom is -0.0616 e. The van der Waals surface area contributed by atoms with Crippen LogP contribution in [0.5, 0.6) is 0 Å². The Labute approximate surface area is 125 Å². The molecule has 4 rings (SSSR count). The summed E-state index contributed by atoms with van der Waals surface area (Å²) in [7, 11) is 0. The van der Waals surface area contributed by atoms with E-state index in [1.807, 2.05) is 0 Å². The largest absolute Gasteiger partial charge is 0.0616 e. The molecular weight excluding hydrogens is 252 g/mol. The summed E-state index contributed by atoms with van der Waals surface area (Å²) < 4.78 is 0. The van der Waals surface area contributed by atoms with Crippen molar-refractivity contribution in [3.05, 3.63) is 96.6 Å². The number of fused-ring (bicyclic) bond motifs is 2. The topological polar surface area (TPSA) is 0 Å². The van der Waals surface area contributed by atoms with Crippen molar-refractivity contribution >= 4 is 21.5 Å². The number of benzene rings is 4. The van der Waals surface area contributed by atoms with Crippen molar-refractivity contribution in [2.45, 2.75) is 6.92 Å². The van der Waals surface area contributed by atoms with Gasteiger partial charge in [0.25, 0.3) is 0 Å². The van der Waals surface area contributed by atoms with E-state index in [1.165, 1.54) is 27.1 Å². The molecular formula is C21H18. The molecule has 0 nitrogen and oxygen atoms in total. The molecule has 0 amide bonds. The van der Waals surface area contributed by atoms with Gasteiger partial charge in [0, 0.05) is 0 Å². The molecule has 0 fully saturated rings. The summed E-state index contributed by atoms with van der Waals surface area (Å²) in [6.07, 6.45) is 0. The summed E-state index contributed by atoms with van der Waals surface area (Å²) in [6.45, 7) is 2.14. The van der Waals surface area contributed by atoms with Gasteiger partial charge in [-0.2, -0.15) is 0 Å². The maximum absolute atomic E-state index is 2.16. The Kier molecular flexibility index (Phi) is 3.97. The smallest absolute Gasteiger partial charge is 0.0155 e. The second-order valence-electron chi connectivity index (χ2n) is 5.14. The third-order valence-electron chi connectivity index (χ3n) is 3.67. The first-order valence-electron chi connectivity index (χ1n) is 7.23. The van der Waals surface area contributed by atoms with Crippen LogP contribution in [-0.2, 0) is 0 Å². The van der Waals surface area contributed by atoms with Gasteiger partial charge in [-0.15, -0.1) is 0 Å². The Morgan fingerprint density at radius 3 is 1.38 bits per heavy atom. The van der Waals surface area contributed by atoms with Crippen molar-refractivity contribution < 1.29 is 0 Å². The van der Waals surface area contributed by atoms with Crippen LogP contribution in [0.15, 0.2) is 91.0 Å². The van der Waals surface area contributed by atoms with Crippen LogP contribution in [0.3, 0.4) is 0 Å². The quantitative estimate of drug-likeness (QED) is 0.368. The van der Waals surface area contributed by atoms with Crippen molar-refractivity contribution in [2.75, 3.05) is 0 Å². The van der Waals surface area contributed by atoms with E-state index in [1.54, 1.807) is 0 Å². The molecule has 4 aromatic rings. The summed E-state index contributed by atoms with van der Waals surface area (Å²) in [6, 6.07) is 31.5. The number of aryl methyl sites for hydroxylation is 1. The first-order chi connectivity index (χ1) is 10.3. The van der Waals surface area contributed by atoms with Crippen molar-refractivity contribution in [1.82, 2.24) is 0 Å². The third kappa shape index (κ3) is 3.11. The van der Waals surface area contributed by atoms with Crippen LogP contribution in [0.25, 0.3) is 21.5 Å². The molecule has 0 bridgehead atoms. The fourth-order valence-electron chi connectivity index (χ4n) is 2.52. The lowest BCUT2D eigenvalue weighted by molar-refractivity contribution is 1.53. The fourth-order valence-corrected chi connectivity index (χ4v) is 2.52. The molecule has 0 aliphatic carbocycles. The van der Waals surface area contributed by atoms with E-state index in [0.29, 0.717) is 0 Å². The molecule has 0 N–H and O–H groups in total. The molecule has 4 aromatic carbocycles. The first kappa shape index (κ1) is 13.4. The Morgan fingerprint density at radius 2 is 0.857 bits per heavy atom. The first-order valence-corrected chi connectivity index (χ1v) is 7.23. The Balaban J connectivity index is 0.000000126. The zero-order valence-corrected chi connectivity index (χ0v) is 12.2. The Bertz CT molecular complexity index is 789. The predicted molar refractivity (Wildman–Crippen MR) is 92.6 cm³/mol. The van der Waals surface area contributed by atoms with Gasteiger partial charge in [0.05, 0.1) is 0 Å². The summed E-state index contributed by atoms with van der Waals surface area (Å²) in [4.78, 5) is 0. The summed E-state index contributed by atoms with van der Waals surface area (Å²) in [5.41, 5.74) is 1.35. The van der Waals surface area contributed by atoms with E-state index >= 15 is 0 Å². The summed E-state index contributed by atoms with van der Waals surface area (Å²) in [5.74, 6) is 0. The second-order valence-corrected chi connectivity index (χ2v) is 5.14. The minimum atomic E-state index is 1.31. The Hall–Kier alpha value is -2.60. The van der Waals surface area contributed by atoms with Gasteiger partial charge in [-0.25, -0.2) is 0 Å². The molecule has 0 spiro atoms. The summed E-state index contributed by atoms with van der Waals surface area (Å²) >= 11 is 0. The highest BCUT2D eigenvalue weighted by Gasteiger charge is 1.92. The average Bonchev–Trinajstić information content (AvgIpc) is 2.56. The molecule has 0 heterocycles. The van der Waals surface area contributed by atoms with Crippen LogP contribution < -0.4 is 0 Å². The van der Waals surface area contributed by atoms with Crippen molar-refractivity contribution in [3.63, 3.8) is 0 Å². The third-order valence-corrected chi connectivity index (χ3v) is 3.67. The molecule has 0 atom stereocenters. The molecule has 102 valence electrons. The zero-order chi connectivity index (χ0) is 14.5. The van der Waals surface area contributed by atoms with Crippen LogP contribution in [0, 0.1) is 6.92 Å². The molecule has 0 saturated carbocycles. The van der Waals surface area contributed by atoms with Crippen LogP contribution in [-0.4, -0.2) is 0 Å². The average molecular weight is 270 g/mol. The van der Waals surface area contributed by atoms with Crippen molar-refractivity contribution in [3.8, 4) is 0 Å². The lowest BCUT2D eigenvalue weighted by atomic mass is 10.1. The molecule has 0 unspecified atom stereocenters. The number of hydrogen-bond donors (Lipinski definition) is 0. The van der Waals surface area contributed by atoms with E-state index in [2.05, 4.69) is 97.9 Å². The van der Waals surface area contributed by atoms with Crippen LogP contribution in [0.1, 0.15) is 5.56 Å². The molecule has 21 heavy (non-hydrogen) atoms. The standard InChI is InChI=1S/C11H10.C10H8/c1-9-5-4-7-10-6-2-3-8-11(9)10;1-2-6-10-8-4-3-7-9(10)5-1/h2-8H,1H3;1-8H. The van der Waals surface area contributed by atoms with Gasteiger partial charge in [0.15, 0.2) is 0 Å². The predicted octanol–water partition coefficient (Wildman–Crippen LogP) is 5.99. The summed E-state index contributed by atoms with van der Waals surface area (Å²) in [5, 5.41) is 5.30. The van der Waals surface area contributed by atoms with Gasteiger partial charge in [0.1, 0.15) is 0 Å².